The largest absolute Gasteiger partial charge is 0.456 e. The molecule has 0 aliphatic heterocycles. The van der Waals surface area contributed by atoms with Crippen molar-refractivity contribution in [2.24, 2.45) is 0 Å². The highest BCUT2D eigenvalue weighted by Crippen LogP contribution is 2.20. The van der Waals surface area contributed by atoms with Gasteiger partial charge in [-0.25, -0.2) is 9.59 Å². The number of thiol groups is 1. The highest BCUT2D eigenvalue weighted by atomic mass is 32.1. The topological polar surface area (TPSA) is 81.7 Å². The number of esters is 1. The molecule has 0 aromatic heterocycles. The number of hydrogen-bond donors (Lipinski definition) is 2. The molecule has 1 rings (SSSR count). The summed E-state index contributed by atoms with van der Waals surface area (Å²) in [6.07, 6.45) is -0.758. The molecule has 1 amide bonds. The van der Waals surface area contributed by atoms with E-state index >= 15 is 0 Å². The van der Waals surface area contributed by atoms with Crippen molar-refractivity contribution in [1.29, 1.82) is 0 Å². The Morgan fingerprint density at radius 2 is 1.64 bits per heavy atom. The molecule has 6 nitrogen and oxygen atoms in total. The molecular formula is C18H25NO5S. The first-order valence-electron chi connectivity index (χ1n) is 7.87. The molecule has 0 fully saturated rings. The smallest absolute Gasteiger partial charge is 0.408 e. The van der Waals surface area contributed by atoms with Crippen LogP contribution in [0.2, 0.25) is 0 Å². The minimum atomic E-state index is -1.07. The highest BCUT2D eigenvalue weighted by Gasteiger charge is 2.36. The highest BCUT2D eigenvalue weighted by molar-refractivity contribution is 7.81. The molecule has 1 aromatic carbocycles. The molecule has 138 valence electrons. The summed E-state index contributed by atoms with van der Waals surface area (Å²) in [6, 6.07) is 7.42. The molecule has 1 N–H and O–H groups in total. The summed E-state index contributed by atoms with van der Waals surface area (Å²) >= 11 is 4.33. The fourth-order valence-corrected chi connectivity index (χ4v) is 2.05. The number of nitrogens with one attached hydrogen (secondary N) is 1. The van der Waals surface area contributed by atoms with Crippen LogP contribution in [-0.4, -0.2) is 40.8 Å². The zero-order valence-electron chi connectivity index (χ0n) is 15.2. The average molecular weight is 367 g/mol. The van der Waals surface area contributed by atoms with Gasteiger partial charge in [-0.05, 0) is 34.6 Å². The molecule has 7 heteroatoms. The minimum absolute atomic E-state index is 0.332. The van der Waals surface area contributed by atoms with Gasteiger partial charge >= 0.3 is 12.1 Å². The minimum Gasteiger partial charge on any atom is -0.456 e. The maximum atomic E-state index is 12.3. The Kier molecular flexibility index (Phi) is 7.05. The van der Waals surface area contributed by atoms with Gasteiger partial charge < -0.3 is 14.8 Å². The summed E-state index contributed by atoms with van der Waals surface area (Å²) < 4.78 is 9.31. The monoisotopic (exact) mass is 367 g/mol. The van der Waals surface area contributed by atoms with Crippen molar-refractivity contribution in [3.8, 4) is 0 Å². The number of ether oxygens (including phenoxy) is 2. The van der Waals surface area contributed by atoms with Gasteiger partial charge in [0.05, 0.1) is 0 Å². The molecule has 0 saturated heterocycles. The van der Waals surface area contributed by atoms with Crippen molar-refractivity contribution in [2.75, 3.05) is 6.61 Å². The number of carbonyl (C=O) groups excluding carboxylic acids is 3. The Balaban J connectivity index is 2.71. The van der Waals surface area contributed by atoms with Crippen LogP contribution in [0.15, 0.2) is 30.3 Å². The number of carbonyl (C=O) groups is 3. The Hall–Kier alpha value is -2.02. The molecule has 0 heterocycles. The van der Waals surface area contributed by atoms with Gasteiger partial charge in [-0.3, -0.25) is 4.79 Å². The molecule has 1 atom stereocenters. The van der Waals surface area contributed by atoms with Crippen molar-refractivity contribution in [1.82, 2.24) is 5.32 Å². The zero-order chi connectivity index (χ0) is 19.3. The second-order valence-electron chi connectivity index (χ2n) is 7.13. The Morgan fingerprint density at radius 3 is 2.12 bits per heavy atom. The van der Waals surface area contributed by atoms with Crippen LogP contribution in [0.25, 0.3) is 0 Å². The first kappa shape index (κ1) is 21.0. The predicted molar refractivity (Wildman–Crippen MR) is 98.0 cm³/mol. The van der Waals surface area contributed by atoms with Gasteiger partial charge in [0.25, 0.3) is 0 Å². The van der Waals surface area contributed by atoms with Gasteiger partial charge in [0.15, 0.2) is 12.4 Å². The third-order valence-electron chi connectivity index (χ3n) is 3.04. The van der Waals surface area contributed by atoms with Gasteiger partial charge in [0.1, 0.15) is 11.6 Å². The van der Waals surface area contributed by atoms with E-state index in [4.69, 9.17) is 9.47 Å². The fourth-order valence-electron chi connectivity index (χ4n) is 1.88. The molecule has 25 heavy (non-hydrogen) atoms. The number of benzene rings is 1. The number of ketones is 1. The zero-order valence-corrected chi connectivity index (χ0v) is 16.1. The third-order valence-corrected chi connectivity index (χ3v) is 3.30. The summed E-state index contributed by atoms with van der Waals surface area (Å²) in [5.74, 6) is -1.09. The van der Waals surface area contributed by atoms with E-state index in [0.717, 1.165) is 0 Å². The van der Waals surface area contributed by atoms with Crippen LogP contribution in [0.4, 0.5) is 4.79 Å². The first-order chi connectivity index (χ1) is 11.4. The molecule has 0 aliphatic rings. The number of alkyl carbamates (subject to hydrolysis) is 1. The van der Waals surface area contributed by atoms with Crippen LogP contribution >= 0.6 is 12.6 Å². The van der Waals surface area contributed by atoms with Crippen LogP contribution in [0.5, 0.6) is 0 Å². The second kappa shape index (κ2) is 8.38. The van der Waals surface area contributed by atoms with Crippen molar-refractivity contribution >= 4 is 30.5 Å². The second-order valence-corrected chi connectivity index (χ2v) is 8.28. The normalized spacial score (nSPS) is 12.9. The SMILES string of the molecule is CC(C)(C)OC(=O)N[C@H](C(=O)OCC(=O)c1ccccc1)C(C)(C)S. The van der Waals surface area contributed by atoms with Crippen molar-refractivity contribution in [3.63, 3.8) is 0 Å². The van der Waals surface area contributed by atoms with E-state index in [-0.39, 0.29) is 5.78 Å². The van der Waals surface area contributed by atoms with Gasteiger partial charge in [0, 0.05) is 10.3 Å². The van der Waals surface area contributed by atoms with Gasteiger partial charge in [-0.15, -0.1) is 0 Å². The Labute approximate surface area is 153 Å². The molecule has 0 bridgehead atoms. The van der Waals surface area contributed by atoms with Gasteiger partial charge in [-0.2, -0.15) is 12.6 Å². The number of rotatable bonds is 6. The molecule has 0 unspecified atom stereocenters. The van der Waals surface area contributed by atoms with E-state index in [1.165, 1.54) is 0 Å². The molecular weight excluding hydrogens is 342 g/mol. The van der Waals surface area contributed by atoms with Crippen LogP contribution in [-0.2, 0) is 14.3 Å². The van der Waals surface area contributed by atoms with E-state index in [1.54, 1.807) is 65.0 Å². The van der Waals surface area contributed by atoms with E-state index in [2.05, 4.69) is 17.9 Å². The van der Waals surface area contributed by atoms with Gasteiger partial charge in [0.2, 0.25) is 0 Å². The lowest BCUT2D eigenvalue weighted by Crippen LogP contribution is -2.53. The number of Topliss-reactive ketones (excluding diaryl/α,β-unsaturated/α-hetero) is 1. The molecule has 0 aliphatic carbocycles. The quantitative estimate of drug-likeness (QED) is 0.459. The average Bonchev–Trinajstić information content (AvgIpc) is 2.48. The van der Waals surface area contributed by atoms with Crippen LogP contribution in [0.1, 0.15) is 45.0 Å². The van der Waals surface area contributed by atoms with Crippen LogP contribution in [0.3, 0.4) is 0 Å². The number of amides is 1. The van der Waals surface area contributed by atoms with E-state index in [0.29, 0.717) is 5.56 Å². The van der Waals surface area contributed by atoms with E-state index < -0.39 is 35.1 Å². The predicted octanol–water partition coefficient (Wildman–Crippen LogP) is 3.01. The summed E-state index contributed by atoms with van der Waals surface area (Å²) in [7, 11) is 0. The van der Waals surface area contributed by atoms with Crippen molar-refractivity contribution in [2.45, 2.75) is 51.0 Å². The van der Waals surface area contributed by atoms with E-state index in [9.17, 15) is 14.4 Å². The molecule has 1 aromatic rings. The van der Waals surface area contributed by atoms with Crippen molar-refractivity contribution in [3.05, 3.63) is 35.9 Å². The fraction of sp³-hybridized carbons (Fsp3) is 0.500. The van der Waals surface area contributed by atoms with Crippen molar-refractivity contribution < 1.29 is 23.9 Å². The maximum absolute atomic E-state index is 12.3. The van der Waals surface area contributed by atoms with Gasteiger partial charge in [-0.1, -0.05) is 30.3 Å². The summed E-state index contributed by atoms with van der Waals surface area (Å²) in [4.78, 5) is 36.3. The van der Waals surface area contributed by atoms with Crippen LogP contribution < -0.4 is 5.32 Å². The third kappa shape index (κ3) is 7.60. The summed E-state index contributed by atoms with van der Waals surface area (Å²) in [5.41, 5.74) is -0.264. The molecule has 0 spiro atoms. The lowest BCUT2D eigenvalue weighted by molar-refractivity contribution is -0.145. The summed E-state index contributed by atoms with van der Waals surface area (Å²) in [6.45, 7) is 8.02. The standard InChI is InChI=1S/C18H25NO5S/c1-17(2,3)24-16(22)19-14(18(4,5)25)15(21)23-11-13(20)12-9-7-6-8-10-12/h6-10,14,25H,11H2,1-5H3,(H,19,22)/t14-/m1/s1. The lowest BCUT2D eigenvalue weighted by Gasteiger charge is -2.29. The Bertz CT molecular complexity index is 617. The number of hydrogen-bond acceptors (Lipinski definition) is 6. The molecule has 0 saturated carbocycles. The maximum Gasteiger partial charge on any atom is 0.408 e. The lowest BCUT2D eigenvalue weighted by atomic mass is 10.0. The summed E-state index contributed by atoms with van der Waals surface area (Å²) in [5, 5.41) is 2.45. The van der Waals surface area contributed by atoms with E-state index in [1.807, 2.05) is 0 Å². The van der Waals surface area contributed by atoms with Crippen LogP contribution in [0, 0.1) is 0 Å². The Morgan fingerprint density at radius 1 is 1.08 bits per heavy atom. The molecule has 0 radical (unpaired) electrons. The first-order valence-corrected chi connectivity index (χ1v) is 8.31.